The highest BCUT2D eigenvalue weighted by Gasteiger charge is 2.47. The van der Waals surface area contributed by atoms with E-state index in [2.05, 4.69) is 0 Å². The largest absolute Gasteiger partial charge is 0.465 e. The quantitative estimate of drug-likeness (QED) is 0.430. The van der Waals surface area contributed by atoms with E-state index in [1.807, 2.05) is 0 Å². The summed E-state index contributed by atoms with van der Waals surface area (Å²) >= 11 is 0. The average molecular weight is 219 g/mol. The average Bonchev–Trinajstić information content (AvgIpc) is 2.33. The lowest BCUT2D eigenvalue weighted by Crippen LogP contribution is -2.46. The summed E-state index contributed by atoms with van der Waals surface area (Å²) in [6, 6.07) is -1.54. The number of aliphatic hydroxyl groups excluding tert-OH is 2. The summed E-state index contributed by atoms with van der Waals surface area (Å²) in [4.78, 5) is 32.1. The number of hydrogen-bond donors (Lipinski definition) is 4. The maximum Gasteiger partial charge on any atom is 0.417 e. The van der Waals surface area contributed by atoms with Gasteiger partial charge in [-0.05, 0) is 0 Å². The third kappa shape index (κ3) is 1.90. The molecule has 1 aliphatic rings. The van der Waals surface area contributed by atoms with Crippen LogP contribution in [-0.2, 0) is 4.79 Å². The van der Waals surface area contributed by atoms with E-state index in [4.69, 9.17) is 20.4 Å². The Balaban J connectivity index is 2.92. The molecule has 0 aromatic heterocycles. The smallest absolute Gasteiger partial charge is 0.417 e. The minimum Gasteiger partial charge on any atom is -0.465 e. The Morgan fingerprint density at radius 1 is 1.20 bits per heavy atom. The van der Waals surface area contributed by atoms with Gasteiger partial charge in [0.15, 0.2) is 5.78 Å². The first kappa shape index (κ1) is 11.4. The molecule has 0 radical (unpaired) electrons. The summed E-state index contributed by atoms with van der Waals surface area (Å²) in [6.45, 7) is 0. The van der Waals surface area contributed by atoms with Gasteiger partial charge in [-0.25, -0.2) is 14.5 Å². The molecular formula is C7H9NO7. The van der Waals surface area contributed by atoms with Gasteiger partial charge < -0.3 is 20.4 Å². The Bertz CT molecular complexity index is 300. The van der Waals surface area contributed by atoms with Crippen LogP contribution in [0.15, 0.2) is 0 Å². The molecule has 3 atom stereocenters. The van der Waals surface area contributed by atoms with E-state index in [1.165, 1.54) is 0 Å². The molecule has 0 bridgehead atoms. The number of aliphatic hydroxyl groups is 2. The first-order valence-corrected chi connectivity index (χ1v) is 4.01. The molecular weight excluding hydrogens is 210 g/mol. The molecule has 1 aliphatic carbocycles. The van der Waals surface area contributed by atoms with Crippen LogP contribution >= 0.6 is 0 Å². The summed E-state index contributed by atoms with van der Waals surface area (Å²) < 4.78 is 0. The van der Waals surface area contributed by atoms with E-state index < -0.39 is 42.6 Å². The lowest BCUT2D eigenvalue weighted by Gasteiger charge is -2.18. The van der Waals surface area contributed by atoms with Crippen LogP contribution in [0.5, 0.6) is 0 Å². The fraction of sp³-hybridized carbons (Fsp3) is 0.571. The summed E-state index contributed by atoms with van der Waals surface area (Å²) in [5.74, 6) is -1.01. The van der Waals surface area contributed by atoms with Crippen molar-refractivity contribution in [3.63, 3.8) is 0 Å². The number of Topliss-reactive ketones (excluding diaryl/α,β-unsaturated/α-hetero) is 1. The number of amides is 2. The van der Waals surface area contributed by atoms with Crippen LogP contribution in [0.3, 0.4) is 0 Å². The SMILES string of the molecule is O=C1C(N(C(=O)O)C(=O)O)C[C@@H](O)[C@@H]1O. The first-order valence-electron chi connectivity index (χ1n) is 4.01. The van der Waals surface area contributed by atoms with Crippen molar-refractivity contribution in [1.29, 1.82) is 0 Å². The zero-order valence-electron chi connectivity index (χ0n) is 7.40. The minimum atomic E-state index is -1.82. The van der Waals surface area contributed by atoms with Crippen molar-refractivity contribution >= 4 is 18.0 Å². The Morgan fingerprint density at radius 2 is 1.67 bits per heavy atom. The van der Waals surface area contributed by atoms with Gasteiger partial charge in [0.05, 0.1) is 6.10 Å². The molecule has 0 aromatic carbocycles. The summed E-state index contributed by atoms with van der Waals surface area (Å²) in [7, 11) is 0. The highest BCUT2D eigenvalue weighted by molar-refractivity contribution is 5.98. The third-order valence-corrected chi connectivity index (χ3v) is 2.17. The highest BCUT2D eigenvalue weighted by Crippen LogP contribution is 2.21. The van der Waals surface area contributed by atoms with Crippen LogP contribution in [-0.4, -0.2) is 61.5 Å². The van der Waals surface area contributed by atoms with Gasteiger partial charge in [-0.3, -0.25) is 4.79 Å². The fourth-order valence-electron chi connectivity index (χ4n) is 1.44. The van der Waals surface area contributed by atoms with Gasteiger partial charge in [-0.2, -0.15) is 0 Å². The van der Waals surface area contributed by atoms with Gasteiger partial charge in [-0.1, -0.05) is 0 Å². The molecule has 1 saturated carbocycles. The molecule has 84 valence electrons. The van der Waals surface area contributed by atoms with Crippen molar-refractivity contribution in [3.8, 4) is 0 Å². The van der Waals surface area contributed by atoms with E-state index >= 15 is 0 Å². The van der Waals surface area contributed by atoms with Crippen LogP contribution in [0.25, 0.3) is 0 Å². The van der Waals surface area contributed by atoms with Gasteiger partial charge in [-0.15, -0.1) is 0 Å². The van der Waals surface area contributed by atoms with Gasteiger partial charge in [0.1, 0.15) is 12.1 Å². The molecule has 15 heavy (non-hydrogen) atoms. The summed E-state index contributed by atoms with van der Waals surface area (Å²) in [6.07, 6.45) is -7.21. The Kier molecular flexibility index (Phi) is 2.91. The second-order valence-corrected chi connectivity index (χ2v) is 3.10. The van der Waals surface area contributed by atoms with E-state index in [0.717, 1.165) is 0 Å². The van der Waals surface area contributed by atoms with Crippen molar-refractivity contribution in [2.75, 3.05) is 0 Å². The standard InChI is InChI=1S/C7H9NO7/c9-3-1-2(4(10)5(3)11)8(6(12)13)7(14)15/h2-3,5,9,11H,1H2,(H,12,13)(H,14,15)/t2?,3-,5+/m1/s1. The Morgan fingerprint density at radius 3 is 1.93 bits per heavy atom. The molecule has 1 fully saturated rings. The number of rotatable bonds is 1. The lowest BCUT2D eigenvalue weighted by molar-refractivity contribution is -0.129. The molecule has 0 saturated heterocycles. The van der Waals surface area contributed by atoms with E-state index in [-0.39, 0.29) is 4.90 Å². The van der Waals surface area contributed by atoms with Gasteiger partial charge in [0.25, 0.3) is 0 Å². The van der Waals surface area contributed by atoms with Crippen molar-refractivity contribution in [1.82, 2.24) is 4.90 Å². The van der Waals surface area contributed by atoms with E-state index in [9.17, 15) is 14.4 Å². The zero-order valence-corrected chi connectivity index (χ0v) is 7.40. The second-order valence-electron chi connectivity index (χ2n) is 3.10. The third-order valence-electron chi connectivity index (χ3n) is 2.17. The van der Waals surface area contributed by atoms with Crippen molar-refractivity contribution in [3.05, 3.63) is 0 Å². The maximum absolute atomic E-state index is 11.2. The molecule has 1 unspecified atom stereocenters. The number of ketones is 1. The van der Waals surface area contributed by atoms with E-state index in [0.29, 0.717) is 0 Å². The van der Waals surface area contributed by atoms with Crippen LogP contribution in [0, 0.1) is 0 Å². The topological polar surface area (TPSA) is 135 Å². The predicted octanol–water partition coefficient (Wildman–Crippen LogP) is -1.29. The summed E-state index contributed by atoms with van der Waals surface area (Å²) in [5, 5.41) is 35.2. The first-order chi connectivity index (χ1) is 6.86. The van der Waals surface area contributed by atoms with E-state index in [1.54, 1.807) is 0 Å². The van der Waals surface area contributed by atoms with Crippen molar-refractivity contribution in [2.24, 2.45) is 0 Å². The minimum absolute atomic E-state index is 0.123. The maximum atomic E-state index is 11.2. The van der Waals surface area contributed by atoms with Crippen molar-refractivity contribution in [2.45, 2.75) is 24.7 Å². The number of nitrogens with zero attached hydrogens (tertiary/aromatic N) is 1. The number of hydrogen-bond acceptors (Lipinski definition) is 5. The number of carboxylic acid groups (broad SMARTS) is 2. The van der Waals surface area contributed by atoms with Crippen LogP contribution in [0.1, 0.15) is 6.42 Å². The van der Waals surface area contributed by atoms with Gasteiger partial charge in [0, 0.05) is 6.42 Å². The number of imide groups is 1. The Hall–Kier alpha value is -1.67. The molecule has 0 aromatic rings. The monoisotopic (exact) mass is 219 g/mol. The van der Waals surface area contributed by atoms with Crippen LogP contribution in [0.2, 0.25) is 0 Å². The fourth-order valence-corrected chi connectivity index (χ4v) is 1.44. The molecule has 8 heteroatoms. The zero-order chi connectivity index (χ0) is 11.7. The second kappa shape index (κ2) is 3.83. The van der Waals surface area contributed by atoms with Crippen LogP contribution < -0.4 is 0 Å². The Labute approximate surface area is 83.3 Å². The number of carbonyl (C=O) groups excluding carboxylic acids is 1. The molecule has 4 N–H and O–H groups in total. The highest BCUT2D eigenvalue weighted by atomic mass is 16.4. The summed E-state index contributed by atoms with van der Waals surface area (Å²) in [5.41, 5.74) is 0. The predicted molar refractivity (Wildman–Crippen MR) is 43.3 cm³/mol. The molecule has 0 heterocycles. The van der Waals surface area contributed by atoms with Crippen LogP contribution in [0.4, 0.5) is 9.59 Å². The normalized spacial score (nSPS) is 30.3. The molecule has 0 aliphatic heterocycles. The number of carbonyl (C=O) groups is 3. The molecule has 0 spiro atoms. The van der Waals surface area contributed by atoms with Crippen molar-refractivity contribution < 1.29 is 34.8 Å². The van der Waals surface area contributed by atoms with Gasteiger partial charge in [0.2, 0.25) is 0 Å². The van der Waals surface area contributed by atoms with Gasteiger partial charge >= 0.3 is 12.2 Å². The molecule has 8 nitrogen and oxygen atoms in total. The molecule has 1 rings (SSSR count). The molecule has 2 amide bonds. The lowest BCUT2D eigenvalue weighted by atomic mass is 10.2.